The minimum atomic E-state index is -1.17. The first-order chi connectivity index (χ1) is 17.9. The monoisotopic (exact) mass is 508 g/mol. The van der Waals surface area contributed by atoms with Crippen molar-refractivity contribution < 1.29 is 23.9 Å². The SMILES string of the molecule is CCCCN(C(=O)c1ccccc1)C(C(=O)NCCC/C=C/COC(=O)OC)(c1ccccc1)C(C)C. The summed E-state index contributed by atoms with van der Waals surface area (Å²) in [6.45, 7) is 7.12. The van der Waals surface area contributed by atoms with Crippen molar-refractivity contribution in [1.29, 1.82) is 0 Å². The fourth-order valence-corrected chi connectivity index (χ4v) is 4.42. The highest BCUT2D eigenvalue weighted by Gasteiger charge is 2.50. The molecule has 7 heteroatoms. The van der Waals surface area contributed by atoms with Gasteiger partial charge in [0.05, 0.1) is 7.11 Å². The fraction of sp³-hybridized carbons (Fsp3) is 0.433. The van der Waals surface area contributed by atoms with E-state index in [4.69, 9.17) is 4.74 Å². The molecule has 0 fully saturated rings. The predicted molar refractivity (Wildman–Crippen MR) is 145 cm³/mol. The Bertz CT molecular complexity index is 1010. The molecule has 0 aromatic heterocycles. The number of nitrogens with zero attached hydrogens (tertiary/aromatic N) is 1. The van der Waals surface area contributed by atoms with Gasteiger partial charge in [-0.15, -0.1) is 0 Å². The fourth-order valence-electron chi connectivity index (χ4n) is 4.42. The third kappa shape index (κ3) is 7.94. The average molecular weight is 509 g/mol. The number of carbonyl (C=O) groups is 3. The maximum atomic E-state index is 14.1. The van der Waals surface area contributed by atoms with Gasteiger partial charge in [-0.2, -0.15) is 0 Å². The van der Waals surface area contributed by atoms with Gasteiger partial charge in [0.15, 0.2) is 0 Å². The van der Waals surface area contributed by atoms with Gasteiger partial charge >= 0.3 is 6.16 Å². The molecule has 0 radical (unpaired) electrons. The molecule has 2 amide bonds. The van der Waals surface area contributed by atoms with Crippen LogP contribution in [0.5, 0.6) is 0 Å². The summed E-state index contributed by atoms with van der Waals surface area (Å²) >= 11 is 0. The number of amides is 2. The van der Waals surface area contributed by atoms with Gasteiger partial charge in [-0.05, 0) is 42.9 Å². The lowest BCUT2D eigenvalue weighted by atomic mass is 9.76. The number of allylic oxidation sites excluding steroid dienone is 1. The highest BCUT2D eigenvalue weighted by Crippen LogP contribution is 2.38. The first-order valence-electron chi connectivity index (χ1n) is 13.0. The van der Waals surface area contributed by atoms with Crippen LogP contribution in [0.2, 0.25) is 0 Å². The van der Waals surface area contributed by atoms with Crippen LogP contribution >= 0.6 is 0 Å². The highest BCUT2D eigenvalue weighted by molar-refractivity contribution is 6.00. The number of methoxy groups -OCH3 is 1. The molecule has 2 aromatic carbocycles. The van der Waals surface area contributed by atoms with Crippen LogP contribution < -0.4 is 5.32 Å². The van der Waals surface area contributed by atoms with E-state index < -0.39 is 11.7 Å². The number of carbonyl (C=O) groups excluding carboxylic acids is 3. The molecule has 1 atom stereocenters. The van der Waals surface area contributed by atoms with Crippen LogP contribution in [-0.2, 0) is 19.8 Å². The average Bonchev–Trinajstić information content (AvgIpc) is 2.92. The Kier molecular flexibility index (Phi) is 12.4. The van der Waals surface area contributed by atoms with Crippen molar-refractivity contribution in [3.8, 4) is 0 Å². The van der Waals surface area contributed by atoms with E-state index in [2.05, 4.69) is 17.0 Å². The quantitative estimate of drug-likeness (QED) is 0.201. The lowest BCUT2D eigenvalue weighted by molar-refractivity contribution is -0.136. The second-order valence-corrected chi connectivity index (χ2v) is 9.10. The maximum Gasteiger partial charge on any atom is 0.508 e. The Hall–Kier alpha value is -3.61. The normalized spacial score (nSPS) is 12.7. The van der Waals surface area contributed by atoms with Crippen LogP contribution in [0.15, 0.2) is 72.8 Å². The van der Waals surface area contributed by atoms with Crippen molar-refractivity contribution in [2.75, 3.05) is 26.8 Å². The molecule has 2 rings (SSSR count). The second kappa shape index (κ2) is 15.5. The number of unbranched alkanes of at least 4 members (excludes halogenated alkanes) is 2. The van der Waals surface area contributed by atoms with Gasteiger partial charge in [0.25, 0.3) is 11.8 Å². The molecule has 2 aromatic rings. The molecular formula is C30H40N2O5. The molecule has 0 aliphatic carbocycles. The summed E-state index contributed by atoms with van der Waals surface area (Å²) < 4.78 is 9.25. The molecule has 37 heavy (non-hydrogen) atoms. The Balaban J connectivity index is 2.30. The Morgan fingerprint density at radius 2 is 1.62 bits per heavy atom. The van der Waals surface area contributed by atoms with E-state index in [1.807, 2.05) is 68.5 Å². The topological polar surface area (TPSA) is 84.9 Å². The predicted octanol–water partition coefficient (Wildman–Crippen LogP) is 5.72. The molecule has 0 saturated carbocycles. The van der Waals surface area contributed by atoms with E-state index in [-0.39, 0.29) is 24.3 Å². The third-order valence-electron chi connectivity index (χ3n) is 6.29. The molecule has 0 heterocycles. The van der Waals surface area contributed by atoms with Gasteiger partial charge in [-0.25, -0.2) is 4.79 Å². The van der Waals surface area contributed by atoms with E-state index >= 15 is 0 Å². The smallest absolute Gasteiger partial charge is 0.438 e. The van der Waals surface area contributed by atoms with Gasteiger partial charge in [-0.1, -0.05) is 87.9 Å². The summed E-state index contributed by atoms with van der Waals surface area (Å²) in [5, 5.41) is 3.11. The number of nitrogens with one attached hydrogen (secondary N) is 1. The molecule has 0 aliphatic rings. The molecule has 1 N–H and O–H groups in total. The van der Waals surface area contributed by atoms with Crippen molar-refractivity contribution in [3.05, 3.63) is 83.9 Å². The zero-order chi connectivity index (χ0) is 27.1. The van der Waals surface area contributed by atoms with Crippen LogP contribution in [0.25, 0.3) is 0 Å². The maximum absolute atomic E-state index is 14.1. The number of rotatable bonds is 14. The standard InChI is InChI=1S/C30H40N2O5/c1-5-6-22-32(27(33)25-17-11-9-12-18-25)30(24(2)3,26-19-13-10-14-20-26)28(34)31-21-15-7-8-16-23-37-29(35)36-4/h8-14,16-20,24H,5-7,15,21-23H2,1-4H3,(H,31,34)/b16-8+. The molecule has 0 aliphatic heterocycles. The van der Waals surface area contributed by atoms with Crippen molar-refractivity contribution >= 4 is 18.0 Å². The van der Waals surface area contributed by atoms with Gasteiger partial charge in [0, 0.05) is 18.7 Å². The zero-order valence-electron chi connectivity index (χ0n) is 22.4. The summed E-state index contributed by atoms with van der Waals surface area (Å²) in [6, 6.07) is 18.8. The third-order valence-corrected chi connectivity index (χ3v) is 6.29. The van der Waals surface area contributed by atoms with Crippen LogP contribution in [-0.4, -0.2) is 49.7 Å². The first-order valence-corrected chi connectivity index (χ1v) is 13.0. The Morgan fingerprint density at radius 1 is 0.973 bits per heavy atom. The van der Waals surface area contributed by atoms with E-state index in [1.54, 1.807) is 23.1 Å². The molecule has 7 nitrogen and oxygen atoms in total. The Morgan fingerprint density at radius 3 is 2.22 bits per heavy atom. The lowest BCUT2D eigenvalue weighted by Gasteiger charge is -2.46. The largest absolute Gasteiger partial charge is 0.508 e. The van der Waals surface area contributed by atoms with Gasteiger partial charge in [-0.3, -0.25) is 9.59 Å². The van der Waals surface area contributed by atoms with Crippen molar-refractivity contribution in [2.24, 2.45) is 5.92 Å². The second-order valence-electron chi connectivity index (χ2n) is 9.10. The minimum absolute atomic E-state index is 0.136. The zero-order valence-corrected chi connectivity index (χ0v) is 22.4. The lowest BCUT2D eigenvalue weighted by Crippen LogP contribution is -2.61. The summed E-state index contributed by atoms with van der Waals surface area (Å²) in [5.41, 5.74) is 0.183. The van der Waals surface area contributed by atoms with Crippen LogP contribution in [0, 0.1) is 5.92 Å². The summed E-state index contributed by atoms with van der Waals surface area (Å²) in [7, 11) is 1.26. The van der Waals surface area contributed by atoms with E-state index in [0.717, 1.165) is 18.4 Å². The van der Waals surface area contributed by atoms with E-state index in [0.29, 0.717) is 31.5 Å². The molecule has 0 spiro atoms. The van der Waals surface area contributed by atoms with Gasteiger partial charge < -0.3 is 19.7 Å². The first kappa shape index (κ1) is 29.6. The van der Waals surface area contributed by atoms with Crippen LogP contribution in [0.3, 0.4) is 0 Å². The molecule has 0 saturated heterocycles. The van der Waals surface area contributed by atoms with Crippen molar-refractivity contribution in [2.45, 2.75) is 52.0 Å². The number of benzene rings is 2. The number of hydrogen-bond donors (Lipinski definition) is 1. The molecule has 200 valence electrons. The van der Waals surface area contributed by atoms with Crippen LogP contribution in [0.4, 0.5) is 4.79 Å². The molecule has 1 unspecified atom stereocenters. The van der Waals surface area contributed by atoms with E-state index in [9.17, 15) is 14.4 Å². The van der Waals surface area contributed by atoms with Crippen molar-refractivity contribution in [1.82, 2.24) is 10.2 Å². The van der Waals surface area contributed by atoms with Crippen LogP contribution in [0.1, 0.15) is 62.4 Å². The highest BCUT2D eigenvalue weighted by atomic mass is 16.7. The van der Waals surface area contributed by atoms with Crippen molar-refractivity contribution in [3.63, 3.8) is 0 Å². The summed E-state index contributed by atoms with van der Waals surface area (Å²) in [6.07, 6.45) is 6.00. The summed E-state index contributed by atoms with van der Waals surface area (Å²) in [4.78, 5) is 40.8. The minimum Gasteiger partial charge on any atom is -0.438 e. The van der Waals surface area contributed by atoms with Gasteiger partial charge in [0.2, 0.25) is 0 Å². The molecular weight excluding hydrogens is 468 g/mol. The molecule has 0 bridgehead atoms. The van der Waals surface area contributed by atoms with Gasteiger partial charge in [0.1, 0.15) is 12.1 Å². The Labute approximate surface area is 220 Å². The summed E-state index contributed by atoms with van der Waals surface area (Å²) in [5.74, 6) is -0.530. The number of hydrogen-bond acceptors (Lipinski definition) is 5. The van der Waals surface area contributed by atoms with E-state index in [1.165, 1.54) is 7.11 Å². The number of ether oxygens (including phenoxy) is 2.